The van der Waals surface area contributed by atoms with E-state index in [0.29, 0.717) is 5.19 Å². The molecule has 0 fully saturated rings. The largest absolute Gasteiger partial charge is 0.473 e. The van der Waals surface area contributed by atoms with Crippen molar-refractivity contribution >= 4 is 11.3 Å². The summed E-state index contributed by atoms with van der Waals surface area (Å²) in [5.41, 5.74) is 5.60. The van der Waals surface area contributed by atoms with Crippen LogP contribution in [0.5, 0.6) is 5.19 Å². The zero-order valence-corrected chi connectivity index (χ0v) is 6.81. The van der Waals surface area contributed by atoms with Gasteiger partial charge in [-0.2, -0.15) is 0 Å². The Bertz CT molecular complexity index is 209. The molecule has 0 aromatic carbocycles. The molecular formula is C6H10N2OS. The van der Waals surface area contributed by atoms with Gasteiger partial charge in [0.05, 0.1) is 7.11 Å². The average Bonchev–Trinajstić information content (AvgIpc) is 2.34. The fourth-order valence-electron chi connectivity index (χ4n) is 0.575. The maximum atomic E-state index is 5.60. The summed E-state index contributed by atoms with van der Waals surface area (Å²) >= 11 is 1.48. The molecule has 0 saturated heterocycles. The summed E-state index contributed by atoms with van der Waals surface area (Å²) in [5.74, 6) is 0. The lowest BCUT2D eigenvalue weighted by Gasteiger charge is -1.95. The van der Waals surface area contributed by atoms with Crippen LogP contribution in [0, 0.1) is 0 Å². The van der Waals surface area contributed by atoms with E-state index < -0.39 is 0 Å². The highest BCUT2D eigenvalue weighted by molar-refractivity contribution is 7.13. The first-order valence-electron chi connectivity index (χ1n) is 2.99. The van der Waals surface area contributed by atoms with Crippen molar-refractivity contribution in [2.45, 2.75) is 13.0 Å². The van der Waals surface area contributed by atoms with Crippen molar-refractivity contribution in [1.29, 1.82) is 0 Å². The molecule has 0 bridgehead atoms. The predicted molar refractivity (Wildman–Crippen MR) is 41.3 cm³/mol. The van der Waals surface area contributed by atoms with Crippen molar-refractivity contribution in [2.24, 2.45) is 5.73 Å². The molecule has 0 aliphatic heterocycles. The Morgan fingerprint density at radius 3 is 2.80 bits per heavy atom. The molecule has 0 radical (unpaired) electrons. The van der Waals surface area contributed by atoms with Gasteiger partial charge in [0.1, 0.15) is 0 Å². The van der Waals surface area contributed by atoms with E-state index in [0.717, 1.165) is 4.88 Å². The van der Waals surface area contributed by atoms with Gasteiger partial charge in [-0.1, -0.05) is 11.3 Å². The highest BCUT2D eigenvalue weighted by atomic mass is 32.1. The summed E-state index contributed by atoms with van der Waals surface area (Å²) in [6.07, 6.45) is 1.74. The summed E-state index contributed by atoms with van der Waals surface area (Å²) in [5, 5.41) is 0.673. The normalized spacial score (nSPS) is 13.1. The Morgan fingerprint density at radius 1 is 1.80 bits per heavy atom. The average molecular weight is 158 g/mol. The number of methoxy groups -OCH3 is 1. The van der Waals surface area contributed by atoms with Gasteiger partial charge in [0.2, 0.25) is 0 Å². The van der Waals surface area contributed by atoms with E-state index in [1.165, 1.54) is 11.3 Å². The van der Waals surface area contributed by atoms with Gasteiger partial charge >= 0.3 is 0 Å². The highest BCUT2D eigenvalue weighted by Crippen LogP contribution is 2.23. The van der Waals surface area contributed by atoms with E-state index in [9.17, 15) is 0 Å². The van der Waals surface area contributed by atoms with Crippen molar-refractivity contribution in [2.75, 3.05) is 7.11 Å². The first-order chi connectivity index (χ1) is 4.74. The molecular weight excluding hydrogens is 148 g/mol. The Hall–Kier alpha value is -0.610. The third kappa shape index (κ3) is 1.46. The molecule has 0 spiro atoms. The first-order valence-corrected chi connectivity index (χ1v) is 3.81. The fourth-order valence-corrected chi connectivity index (χ4v) is 1.26. The molecule has 56 valence electrons. The van der Waals surface area contributed by atoms with Crippen molar-refractivity contribution in [1.82, 2.24) is 4.98 Å². The van der Waals surface area contributed by atoms with E-state index in [1.807, 2.05) is 6.92 Å². The summed E-state index contributed by atoms with van der Waals surface area (Å²) in [6, 6.07) is 0.0569. The summed E-state index contributed by atoms with van der Waals surface area (Å²) in [6.45, 7) is 1.92. The second-order valence-corrected chi connectivity index (χ2v) is 3.05. The lowest BCUT2D eigenvalue weighted by Crippen LogP contribution is -2.01. The molecule has 4 heteroatoms. The van der Waals surface area contributed by atoms with Gasteiger partial charge in [-0.25, -0.2) is 4.98 Å². The molecule has 1 aromatic rings. The maximum Gasteiger partial charge on any atom is 0.273 e. The van der Waals surface area contributed by atoms with Crippen molar-refractivity contribution in [3.05, 3.63) is 11.1 Å². The molecule has 0 saturated carbocycles. The van der Waals surface area contributed by atoms with Gasteiger partial charge in [-0.15, -0.1) is 0 Å². The molecule has 1 atom stereocenters. The van der Waals surface area contributed by atoms with E-state index in [2.05, 4.69) is 4.98 Å². The lowest BCUT2D eigenvalue weighted by atomic mass is 10.3. The van der Waals surface area contributed by atoms with Gasteiger partial charge in [-0.3, -0.25) is 0 Å². The van der Waals surface area contributed by atoms with Crippen LogP contribution in [0.4, 0.5) is 0 Å². The van der Waals surface area contributed by atoms with Crippen LogP contribution in [0.15, 0.2) is 6.20 Å². The molecule has 1 unspecified atom stereocenters. The van der Waals surface area contributed by atoms with Crippen LogP contribution in [0.25, 0.3) is 0 Å². The Balaban J connectivity index is 2.78. The molecule has 1 aromatic heterocycles. The van der Waals surface area contributed by atoms with E-state index in [4.69, 9.17) is 10.5 Å². The van der Waals surface area contributed by atoms with Crippen LogP contribution in [-0.4, -0.2) is 12.1 Å². The fraction of sp³-hybridized carbons (Fsp3) is 0.500. The minimum Gasteiger partial charge on any atom is -0.473 e. The monoisotopic (exact) mass is 158 g/mol. The standard InChI is InChI=1S/C6H10N2OS/c1-4(7)5-3-8-6(9-2)10-5/h3-4H,7H2,1-2H3. The number of hydrogen-bond acceptors (Lipinski definition) is 4. The van der Waals surface area contributed by atoms with E-state index >= 15 is 0 Å². The van der Waals surface area contributed by atoms with E-state index in [1.54, 1.807) is 13.3 Å². The van der Waals surface area contributed by atoms with E-state index in [-0.39, 0.29) is 6.04 Å². The summed E-state index contributed by atoms with van der Waals surface area (Å²) in [7, 11) is 1.60. The third-order valence-electron chi connectivity index (χ3n) is 1.13. The van der Waals surface area contributed by atoms with Gasteiger partial charge in [0.15, 0.2) is 0 Å². The van der Waals surface area contributed by atoms with Crippen LogP contribution >= 0.6 is 11.3 Å². The summed E-state index contributed by atoms with van der Waals surface area (Å²) < 4.78 is 4.90. The van der Waals surface area contributed by atoms with Gasteiger partial charge in [0, 0.05) is 17.1 Å². The third-order valence-corrected chi connectivity index (χ3v) is 2.29. The van der Waals surface area contributed by atoms with Crippen LogP contribution in [0.1, 0.15) is 17.8 Å². The van der Waals surface area contributed by atoms with Gasteiger partial charge < -0.3 is 10.5 Å². The zero-order valence-electron chi connectivity index (χ0n) is 6.00. The molecule has 2 N–H and O–H groups in total. The van der Waals surface area contributed by atoms with Crippen molar-refractivity contribution in [3.8, 4) is 5.19 Å². The second kappa shape index (κ2) is 2.98. The topological polar surface area (TPSA) is 48.1 Å². The Labute approximate surface area is 63.8 Å². The van der Waals surface area contributed by atoms with Crippen LogP contribution in [0.2, 0.25) is 0 Å². The maximum absolute atomic E-state index is 5.60. The molecule has 0 amide bonds. The van der Waals surface area contributed by atoms with Crippen LogP contribution in [0.3, 0.4) is 0 Å². The number of rotatable bonds is 2. The SMILES string of the molecule is COc1ncc(C(C)N)s1. The predicted octanol–water partition coefficient (Wildman–Crippen LogP) is 1.17. The lowest BCUT2D eigenvalue weighted by molar-refractivity contribution is 0.412. The molecule has 3 nitrogen and oxygen atoms in total. The second-order valence-electron chi connectivity index (χ2n) is 2.02. The Morgan fingerprint density at radius 2 is 2.50 bits per heavy atom. The van der Waals surface area contributed by atoms with Crippen LogP contribution in [-0.2, 0) is 0 Å². The van der Waals surface area contributed by atoms with Crippen LogP contribution < -0.4 is 10.5 Å². The number of thiazole rings is 1. The minimum atomic E-state index is 0.0569. The van der Waals surface area contributed by atoms with Crippen molar-refractivity contribution < 1.29 is 4.74 Å². The molecule has 0 aliphatic carbocycles. The molecule has 1 rings (SSSR count). The number of ether oxygens (including phenoxy) is 1. The number of nitrogens with two attached hydrogens (primary N) is 1. The highest BCUT2D eigenvalue weighted by Gasteiger charge is 2.04. The smallest absolute Gasteiger partial charge is 0.273 e. The number of aromatic nitrogens is 1. The zero-order chi connectivity index (χ0) is 7.56. The Kier molecular flexibility index (Phi) is 2.24. The van der Waals surface area contributed by atoms with Gasteiger partial charge in [-0.05, 0) is 6.92 Å². The minimum absolute atomic E-state index is 0.0569. The number of hydrogen-bond donors (Lipinski definition) is 1. The summed E-state index contributed by atoms with van der Waals surface area (Å²) in [4.78, 5) is 5.02. The first kappa shape index (κ1) is 7.50. The number of nitrogens with zero attached hydrogens (tertiary/aromatic N) is 1. The molecule has 10 heavy (non-hydrogen) atoms. The van der Waals surface area contributed by atoms with Crippen molar-refractivity contribution in [3.63, 3.8) is 0 Å². The van der Waals surface area contributed by atoms with Gasteiger partial charge in [0.25, 0.3) is 5.19 Å². The quantitative estimate of drug-likeness (QED) is 0.702. The molecule has 1 heterocycles. The molecule has 0 aliphatic rings.